The quantitative estimate of drug-likeness (QED) is 0.474. The van der Waals surface area contributed by atoms with Gasteiger partial charge in [0.1, 0.15) is 12.4 Å². The van der Waals surface area contributed by atoms with Crippen LogP contribution in [0.2, 0.25) is 0 Å². The van der Waals surface area contributed by atoms with Crippen molar-refractivity contribution in [2.75, 3.05) is 6.26 Å². The Labute approximate surface area is 103 Å². The molecule has 0 saturated carbocycles. The monoisotopic (exact) mass is 249 g/mol. The lowest BCUT2D eigenvalue weighted by Gasteiger charge is -2.02. The van der Waals surface area contributed by atoms with Crippen LogP contribution in [0.1, 0.15) is 5.56 Å². The summed E-state index contributed by atoms with van der Waals surface area (Å²) in [5.41, 5.74) is 1.09. The van der Waals surface area contributed by atoms with E-state index in [0.29, 0.717) is 6.54 Å². The fourth-order valence-corrected chi connectivity index (χ4v) is 1.86. The van der Waals surface area contributed by atoms with Crippen LogP contribution in [0.25, 0.3) is 0 Å². The molecule has 0 aliphatic carbocycles. The smallest absolute Gasteiger partial charge is 0.261 e. The fourth-order valence-electron chi connectivity index (χ4n) is 1.45. The zero-order valence-corrected chi connectivity index (χ0v) is 10.1. The molecule has 5 nitrogen and oxygen atoms in total. The average molecular weight is 249 g/mol. The lowest BCUT2D eigenvalue weighted by molar-refractivity contribution is -0.385. The molecule has 0 atom stereocenters. The number of benzene rings is 1. The van der Waals surface area contributed by atoms with Crippen molar-refractivity contribution >= 4 is 17.4 Å². The molecule has 0 radical (unpaired) electrons. The van der Waals surface area contributed by atoms with Crippen LogP contribution >= 0.6 is 11.8 Å². The van der Waals surface area contributed by atoms with Crippen molar-refractivity contribution in [1.29, 1.82) is 0 Å². The van der Waals surface area contributed by atoms with E-state index in [2.05, 4.69) is 5.10 Å². The molecule has 0 fully saturated rings. The van der Waals surface area contributed by atoms with Crippen molar-refractivity contribution in [3.63, 3.8) is 0 Å². The fraction of sp³-hybridized carbons (Fsp3) is 0.182. The lowest BCUT2D eigenvalue weighted by atomic mass is 10.2. The minimum atomic E-state index is -0.444. The topological polar surface area (TPSA) is 61.0 Å². The Morgan fingerprint density at radius 1 is 1.41 bits per heavy atom. The van der Waals surface area contributed by atoms with E-state index in [1.54, 1.807) is 16.4 Å². The van der Waals surface area contributed by atoms with Gasteiger partial charge in [0.25, 0.3) is 0 Å². The normalized spacial score (nSPS) is 10.4. The number of rotatable bonds is 4. The zero-order chi connectivity index (χ0) is 12.3. The van der Waals surface area contributed by atoms with Gasteiger partial charge in [-0.1, -0.05) is 12.1 Å². The first-order chi connectivity index (χ1) is 8.19. The number of hydrogen-bond donors (Lipinski definition) is 0. The van der Waals surface area contributed by atoms with Gasteiger partial charge in [-0.2, -0.15) is 5.10 Å². The van der Waals surface area contributed by atoms with E-state index in [9.17, 15) is 10.1 Å². The van der Waals surface area contributed by atoms with E-state index < -0.39 is 4.92 Å². The first-order valence-corrected chi connectivity index (χ1v) is 6.21. The maximum Gasteiger partial charge on any atom is 0.307 e. The van der Waals surface area contributed by atoms with E-state index in [0.717, 1.165) is 5.56 Å². The van der Waals surface area contributed by atoms with Crippen molar-refractivity contribution in [2.45, 2.75) is 11.4 Å². The highest BCUT2D eigenvalue weighted by molar-refractivity contribution is 7.98. The number of nitro groups is 1. The molecule has 17 heavy (non-hydrogen) atoms. The molecule has 0 spiro atoms. The summed E-state index contributed by atoms with van der Waals surface area (Å²) in [4.78, 5) is 11.3. The Kier molecular flexibility index (Phi) is 3.43. The van der Waals surface area contributed by atoms with Crippen LogP contribution in [0.3, 0.4) is 0 Å². The Morgan fingerprint density at radius 2 is 2.12 bits per heavy atom. The van der Waals surface area contributed by atoms with E-state index in [-0.39, 0.29) is 5.69 Å². The number of hydrogen-bond acceptors (Lipinski definition) is 4. The number of aromatic nitrogens is 2. The second-order valence-electron chi connectivity index (χ2n) is 3.50. The Bertz CT molecular complexity index is 522. The minimum absolute atomic E-state index is 0.0192. The summed E-state index contributed by atoms with van der Waals surface area (Å²) in [6.07, 6.45) is 4.71. The molecule has 0 N–H and O–H groups in total. The number of nitrogens with zero attached hydrogens (tertiary/aromatic N) is 3. The first kappa shape index (κ1) is 11.7. The summed E-state index contributed by atoms with van der Waals surface area (Å²) < 4.78 is 1.56. The van der Waals surface area contributed by atoms with Crippen molar-refractivity contribution < 1.29 is 4.92 Å². The molecule has 88 valence electrons. The highest BCUT2D eigenvalue weighted by Gasteiger charge is 2.08. The molecule has 0 saturated heterocycles. The van der Waals surface area contributed by atoms with Gasteiger partial charge in [-0.3, -0.25) is 14.8 Å². The number of thioether (sulfide) groups is 1. The molecule has 0 aliphatic heterocycles. The van der Waals surface area contributed by atoms with E-state index in [1.165, 1.54) is 17.3 Å². The van der Waals surface area contributed by atoms with E-state index >= 15 is 0 Å². The molecule has 2 aromatic rings. The second kappa shape index (κ2) is 5.01. The van der Waals surface area contributed by atoms with E-state index in [4.69, 9.17) is 0 Å². The standard InChI is InChI=1S/C11H11N3O2S/c1-17-11-4-2-9(3-5-11)7-13-8-10(6-12-13)14(15)16/h2-6,8H,7H2,1H3. The maximum atomic E-state index is 10.5. The van der Waals surface area contributed by atoms with Gasteiger partial charge in [-0.15, -0.1) is 11.8 Å². The highest BCUT2D eigenvalue weighted by Crippen LogP contribution is 2.16. The van der Waals surface area contributed by atoms with Crippen LogP contribution in [0, 0.1) is 10.1 Å². The molecule has 0 amide bonds. The van der Waals surface area contributed by atoms with Crippen molar-refractivity contribution in [1.82, 2.24) is 9.78 Å². The molecule has 0 bridgehead atoms. The Morgan fingerprint density at radius 3 is 2.65 bits per heavy atom. The third kappa shape index (κ3) is 2.85. The molecule has 1 heterocycles. The van der Waals surface area contributed by atoms with Crippen molar-refractivity contribution in [3.05, 3.63) is 52.3 Å². The second-order valence-corrected chi connectivity index (χ2v) is 4.38. The zero-order valence-electron chi connectivity index (χ0n) is 9.24. The van der Waals surface area contributed by atoms with Gasteiger partial charge < -0.3 is 0 Å². The van der Waals surface area contributed by atoms with Gasteiger partial charge in [-0.05, 0) is 24.0 Å². The predicted octanol–water partition coefficient (Wildman–Crippen LogP) is 2.56. The summed E-state index contributed by atoms with van der Waals surface area (Å²) in [6.45, 7) is 0.544. The highest BCUT2D eigenvalue weighted by atomic mass is 32.2. The molecule has 0 aliphatic rings. The predicted molar refractivity (Wildman–Crippen MR) is 66.2 cm³/mol. The maximum absolute atomic E-state index is 10.5. The largest absolute Gasteiger partial charge is 0.307 e. The SMILES string of the molecule is CSc1ccc(Cn2cc([N+](=O)[O-])cn2)cc1. The van der Waals surface area contributed by atoms with Crippen LogP contribution in [0.4, 0.5) is 5.69 Å². The molecule has 0 unspecified atom stereocenters. The van der Waals surface area contributed by atoms with Crippen molar-refractivity contribution in [3.8, 4) is 0 Å². The lowest BCUT2D eigenvalue weighted by Crippen LogP contribution is -1.99. The van der Waals surface area contributed by atoms with Crippen LogP contribution in [-0.2, 0) is 6.54 Å². The summed E-state index contributed by atoms with van der Waals surface area (Å²) in [5.74, 6) is 0. The van der Waals surface area contributed by atoms with Crippen LogP contribution in [0.15, 0.2) is 41.6 Å². The van der Waals surface area contributed by atoms with Crippen LogP contribution in [0.5, 0.6) is 0 Å². The summed E-state index contributed by atoms with van der Waals surface area (Å²) in [6, 6.07) is 8.05. The molecule has 1 aromatic carbocycles. The van der Waals surface area contributed by atoms with Crippen LogP contribution in [-0.4, -0.2) is 21.0 Å². The molecule has 6 heteroatoms. The molecule has 1 aromatic heterocycles. The molecular weight excluding hydrogens is 238 g/mol. The first-order valence-electron chi connectivity index (χ1n) is 4.99. The third-order valence-corrected chi connectivity index (χ3v) is 3.08. The summed E-state index contributed by atoms with van der Waals surface area (Å²) in [5, 5.41) is 14.4. The van der Waals surface area contributed by atoms with E-state index in [1.807, 2.05) is 30.5 Å². The summed E-state index contributed by atoms with van der Waals surface area (Å²) in [7, 11) is 0. The average Bonchev–Trinajstić information content (AvgIpc) is 2.79. The third-order valence-electron chi connectivity index (χ3n) is 2.33. The minimum Gasteiger partial charge on any atom is -0.261 e. The van der Waals surface area contributed by atoms with Gasteiger partial charge in [0.05, 0.1) is 11.5 Å². The molecule has 2 rings (SSSR count). The van der Waals surface area contributed by atoms with Gasteiger partial charge in [0.15, 0.2) is 0 Å². The summed E-state index contributed by atoms with van der Waals surface area (Å²) >= 11 is 1.68. The Hall–Kier alpha value is -1.82. The van der Waals surface area contributed by atoms with Gasteiger partial charge >= 0.3 is 5.69 Å². The van der Waals surface area contributed by atoms with Gasteiger partial charge in [0, 0.05) is 4.90 Å². The Balaban J connectivity index is 2.11. The van der Waals surface area contributed by atoms with Crippen LogP contribution < -0.4 is 0 Å². The van der Waals surface area contributed by atoms with Crippen molar-refractivity contribution in [2.24, 2.45) is 0 Å². The van der Waals surface area contributed by atoms with Gasteiger partial charge in [-0.25, -0.2) is 0 Å². The van der Waals surface area contributed by atoms with Gasteiger partial charge in [0.2, 0.25) is 0 Å². The molecular formula is C11H11N3O2S.